The maximum Gasteiger partial charge on any atom is 0.421 e. The molecule has 1 saturated carbocycles. The van der Waals surface area contributed by atoms with Crippen LogP contribution in [-0.4, -0.2) is 54.7 Å². The highest BCUT2D eigenvalue weighted by Gasteiger charge is 2.37. The molecule has 1 unspecified atom stereocenters. The number of amides is 1. The first-order chi connectivity index (χ1) is 15.7. The number of fused-ring (bicyclic) bond motifs is 1. The molecule has 3 rings (SSSR count). The van der Waals surface area contributed by atoms with Crippen LogP contribution in [0.2, 0.25) is 0 Å². The second kappa shape index (κ2) is 10.9. The Morgan fingerprint density at radius 3 is 1.88 bits per heavy atom. The van der Waals surface area contributed by atoms with Gasteiger partial charge in [0.15, 0.2) is 5.78 Å². The number of cyclic esters (lactones) is 2. The number of Topliss-reactive ketones (excluding diaryl/α,β-unsaturated/α-hetero) is 1. The summed E-state index contributed by atoms with van der Waals surface area (Å²) in [7, 11) is 0. The number of ketones is 1. The van der Waals surface area contributed by atoms with E-state index in [1.54, 1.807) is 0 Å². The van der Waals surface area contributed by atoms with Gasteiger partial charge in [-0.15, -0.1) is 0 Å². The third-order valence-corrected chi connectivity index (χ3v) is 5.09. The van der Waals surface area contributed by atoms with E-state index in [0.29, 0.717) is 24.1 Å². The molecule has 2 fully saturated rings. The number of carbonyl (C=O) groups is 5. The predicted molar refractivity (Wildman–Crippen MR) is 110 cm³/mol. The number of ether oxygens (including phenoxy) is 4. The number of carbonyl (C=O) groups excluding carboxylic acids is 5. The Morgan fingerprint density at radius 1 is 0.879 bits per heavy atom. The van der Waals surface area contributed by atoms with Crippen molar-refractivity contribution in [2.24, 2.45) is 0 Å². The van der Waals surface area contributed by atoms with E-state index in [-0.39, 0.29) is 17.9 Å². The number of benzene rings is 1. The molecule has 12 heteroatoms. The van der Waals surface area contributed by atoms with Crippen molar-refractivity contribution in [3.05, 3.63) is 29.8 Å². The largest absolute Gasteiger partial charge is 0.421 e. The molecule has 0 radical (unpaired) electrons. The number of rotatable bonds is 4. The standard InChI is InChI=1S/C21H25N3O9/c1-11(25)13-7-9-14(10-8-13)22-19(29)33-21-24-16-6-4-3-5-15(16)23-20(30-12(2)26)31-17(27)18(28)32-21/h7-10,15-16,20-21,23-24H,3-6H2,1-2H3,(H,22,29)/t15-,16-,20?,21+/m1/s1. The summed E-state index contributed by atoms with van der Waals surface area (Å²) in [4.78, 5) is 59.2. The van der Waals surface area contributed by atoms with Gasteiger partial charge in [0.05, 0.1) is 0 Å². The number of nitrogens with one attached hydrogen (secondary N) is 3. The first kappa shape index (κ1) is 24.1. The fourth-order valence-corrected chi connectivity index (χ4v) is 3.54. The molecule has 1 heterocycles. The predicted octanol–water partition coefficient (Wildman–Crippen LogP) is 1.16. The zero-order chi connectivity index (χ0) is 24.0. The highest BCUT2D eigenvalue weighted by molar-refractivity contribution is 6.29. The van der Waals surface area contributed by atoms with Gasteiger partial charge in [-0.1, -0.05) is 12.8 Å². The fraction of sp³-hybridized carbons (Fsp3) is 0.476. The molecule has 1 aromatic carbocycles. The molecular formula is C21H25N3O9. The van der Waals surface area contributed by atoms with Crippen molar-refractivity contribution in [1.29, 1.82) is 0 Å². The van der Waals surface area contributed by atoms with Crippen LogP contribution in [0, 0.1) is 0 Å². The SMILES string of the molecule is CC(=O)OC1N[C@@H]2CCCC[C@H]2N[C@H](OC(=O)Nc2ccc(C(C)=O)cc2)OC(=O)C(=O)O1. The minimum atomic E-state index is -1.58. The van der Waals surface area contributed by atoms with Crippen LogP contribution in [0.25, 0.3) is 0 Å². The Hall–Kier alpha value is -3.51. The number of esters is 3. The highest BCUT2D eigenvalue weighted by Crippen LogP contribution is 2.21. The summed E-state index contributed by atoms with van der Waals surface area (Å²) in [5.41, 5.74) is 0.815. The average molecular weight is 463 g/mol. The van der Waals surface area contributed by atoms with Gasteiger partial charge in [0.1, 0.15) is 0 Å². The van der Waals surface area contributed by atoms with Crippen molar-refractivity contribution >= 4 is 35.5 Å². The van der Waals surface area contributed by atoms with E-state index in [9.17, 15) is 24.0 Å². The zero-order valence-electron chi connectivity index (χ0n) is 18.1. The van der Waals surface area contributed by atoms with Crippen LogP contribution in [0.15, 0.2) is 24.3 Å². The summed E-state index contributed by atoms with van der Waals surface area (Å²) >= 11 is 0. The number of hydrogen-bond acceptors (Lipinski definition) is 11. The van der Waals surface area contributed by atoms with Gasteiger partial charge in [0.2, 0.25) is 0 Å². The van der Waals surface area contributed by atoms with Gasteiger partial charge in [-0.2, -0.15) is 0 Å². The summed E-state index contributed by atoms with van der Waals surface area (Å²) in [5, 5.41) is 8.26. The second-order valence-electron chi connectivity index (χ2n) is 7.58. The van der Waals surface area contributed by atoms with Crippen LogP contribution in [-0.2, 0) is 33.3 Å². The third-order valence-electron chi connectivity index (χ3n) is 5.09. The molecular weight excluding hydrogens is 438 g/mol. The van der Waals surface area contributed by atoms with E-state index in [1.165, 1.54) is 31.2 Å². The van der Waals surface area contributed by atoms with Gasteiger partial charge in [0.25, 0.3) is 0 Å². The van der Waals surface area contributed by atoms with Gasteiger partial charge in [-0.3, -0.25) is 14.9 Å². The summed E-state index contributed by atoms with van der Waals surface area (Å²) in [5.74, 6) is -3.71. The normalized spacial score (nSPS) is 25.5. The molecule has 33 heavy (non-hydrogen) atoms. The minimum absolute atomic E-state index is 0.125. The lowest BCUT2D eigenvalue weighted by Gasteiger charge is -2.37. The Morgan fingerprint density at radius 2 is 1.39 bits per heavy atom. The van der Waals surface area contributed by atoms with Gasteiger partial charge in [-0.05, 0) is 44.0 Å². The van der Waals surface area contributed by atoms with Crippen molar-refractivity contribution in [3.63, 3.8) is 0 Å². The molecule has 1 aliphatic carbocycles. The molecule has 0 aromatic heterocycles. The minimum Gasteiger partial charge on any atom is -0.411 e. The molecule has 4 atom stereocenters. The lowest BCUT2D eigenvalue weighted by atomic mass is 9.90. The lowest BCUT2D eigenvalue weighted by molar-refractivity contribution is -0.212. The number of hydrogen-bond donors (Lipinski definition) is 3. The van der Waals surface area contributed by atoms with Crippen molar-refractivity contribution < 1.29 is 42.9 Å². The van der Waals surface area contributed by atoms with Gasteiger partial charge in [0, 0.05) is 30.3 Å². The smallest absolute Gasteiger partial charge is 0.411 e. The van der Waals surface area contributed by atoms with E-state index >= 15 is 0 Å². The molecule has 178 valence electrons. The Balaban J connectivity index is 1.70. The Bertz CT molecular complexity index is 918. The van der Waals surface area contributed by atoms with Gasteiger partial charge in [-0.25, -0.2) is 25.0 Å². The molecule has 2 aliphatic rings. The maximum atomic E-state index is 12.4. The van der Waals surface area contributed by atoms with E-state index in [1.807, 2.05) is 0 Å². The lowest BCUT2D eigenvalue weighted by Crippen LogP contribution is -2.59. The van der Waals surface area contributed by atoms with Crippen LogP contribution in [0.3, 0.4) is 0 Å². The first-order valence-electron chi connectivity index (χ1n) is 10.4. The van der Waals surface area contributed by atoms with Crippen molar-refractivity contribution in [3.8, 4) is 0 Å². The van der Waals surface area contributed by atoms with Crippen molar-refractivity contribution in [1.82, 2.24) is 10.6 Å². The molecule has 1 aromatic rings. The summed E-state index contributed by atoms with van der Waals surface area (Å²) in [6, 6.07) is 5.41. The highest BCUT2D eigenvalue weighted by atomic mass is 16.8. The van der Waals surface area contributed by atoms with E-state index in [4.69, 9.17) is 18.9 Å². The van der Waals surface area contributed by atoms with Crippen LogP contribution in [0.1, 0.15) is 49.9 Å². The molecule has 1 saturated heterocycles. The summed E-state index contributed by atoms with van der Waals surface area (Å²) in [6.45, 7) is 2.56. The first-order valence-corrected chi connectivity index (χ1v) is 10.4. The van der Waals surface area contributed by atoms with E-state index in [0.717, 1.165) is 19.8 Å². The van der Waals surface area contributed by atoms with E-state index < -0.39 is 36.8 Å². The van der Waals surface area contributed by atoms with Gasteiger partial charge < -0.3 is 18.9 Å². The van der Waals surface area contributed by atoms with Crippen LogP contribution in [0.5, 0.6) is 0 Å². The summed E-state index contributed by atoms with van der Waals surface area (Å²) in [6.07, 6.45) is -1.03. The molecule has 12 nitrogen and oxygen atoms in total. The monoisotopic (exact) mass is 463 g/mol. The van der Waals surface area contributed by atoms with Gasteiger partial charge >= 0.3 is 36.8 Å². The molecule has 1 aliphatic heterocycles. The molecule has 3 N–H and O–H groups in total. The fourth-order valence-electron chi connectivity index (χ4n) is 3.54. The molecule has 0 bridgehead atoms. The molecule has 0 spiro atoms. The van der Waals surface area contributed by atoms with Crippen LogP contribution in [0.4, 0.5) is 10.5 Å². The van der Waals surface area contributed by atoms with Crippen molar-refractivity contribution in [2.75, 3.05) is 5.32 Å². The van der Waals surface area contributed by atoms with Crippen LogP contribution >= 0.6 is 0 Å². The topological polar surface area (TPSA) is 158 Å². The third kappa shape index (κ3) is 6.99. The quantitative estimate of drug-likeness (QED) is 0.334. The maximum absolute atomic E-state index is 12.4. The Kier molecular flexibility index (Phi) is 7.96. The second-order valence-corrected chi connectivity index (χ2v) is 7.58. The zero-order valence-corrected chi connectivity index (χ0v) is 18.1. The van der Waals surface area contributed by atoms with E-state index in [2.05, 4.69) is 16.0 Å². The summed E-state index contributed by atoms with van der Waals surface area (Å²) < 4.78 is 20.0. The Labute approximate surface area is 189 Å². The van der Waals surface area contributed by atoms with Crippen molar-refractivity contribution in [2.45, 2.75) is 64.4 Å². The van der Waals surface area contributed by atoms with Crippen LogP contribution < -0.4 is 16.0 Å². The number of anilines is 1. The molecule has 1 amide bonds. The average Bonchev–Trinajstić information content (AvgIpc) is 2.74.